The second kappa shape index (κ2) is 6.54. The molecule has 0 bridgehead atoms. The van der Waals surface area contributed by atoms with Gasteiger partial charge >= 0.3 is 0 Å². The van der Waals surface area contributed by atoms with Crippen LogP contribution in [0.15, 0.2) is 48.7 Å². The van der Waals surface area contributed by atoms with Crippen molar-refractivity contribution >= 4 is 11.6 Å². The summed E-state index contributed by atoms with van der Waals surface area (Å²) in [6.45, 7) is 2.66. The second-order valence-electron chi connectivity index (χ2n) is 4.01. The molecule has 1 aromatic heterocycles. The summed E-state index contributed by atoms with van der Waals surface area (Å²) in [5.41, 5.74) is 1.04. The fraction of sp³-hybridized carbons (Fsp3) is 0.200. The number of benzene rings is 1. The van der Waals surface area contributed by atoms with Gasteiger partial charge in [-0.1, -0.05) is 25.1 Å². The van der Waals surface area contributed by atoms with E-state index in [-0.39, 0.29) is 5.91 Å². The molecule has 4 nitrogen and oxygen atoms in total. The first-order valence-corrected chi connectivity index (χ1v) is 6.25. The first kappa shape index (κ1) is 13.1. The summed E-state index contributed by atoms with van der Waals surface area (Å²) in [7, 11) is 0. The molecule has 0 aliphatic rings. The summed E-state index contributed by atoms with van der Waals surface area (Å²) in [4.78, 5) is 16.0. The highest BCUT2D eigenvalue weighted by atomic mass is 16.5. The molecular formula is C15H16N2O2. The summed E-state index contributed by atoms with van der Waals surface area (Å²) >= 11 is 0. The Morgan fingerprint density at radius 1 is 1.21 bits per heavy atom. The number of para-hydroxylation sites is 2. The maximum absolute atomic E-state index is 12.0. The number of carbonyl (C=O) groups is 1. The Morgan fingerprint density at radius 3 is 2.74 bits per heavy atom. The number of nitrogens with zero attached hydrogens (tertiary/aromatic N) is 1. The van der Waals surface area contributed by atoms with Crippen molar-refractivity contribution in [3.63, 3.8) is 0 Å². The monoisotopic (exact) mass is 256 g/mol. The van der Waals surface area contributed by atoms with Gasteiger partial charge in [0.2, 0.25) is 0 Å². The van der Waals surface area contributed by atoms with Gasteiger partial charge in [-0.25, -0.2) is 0 Å². The van der Waals surface area contributed by atoms with Crippen LogP contribution in [0.3, 0.4) is 0 Å². The van der Waals surface area contributed by atoms with Crippen LogP contribution in [-0.4, -0.2) is 17.5 Å². The molecule has 2 rings (SSSR count). The number of anilines is 1. The van der Waals surface area contributed by atoms with Crippen LogP contribution in [0.2, 0.25) is 0 Å². The van der Waals surface area contributed by atoms with Crippen LogP contribution in [0.25, 0.3) is 0 Å². The number of nitrogens with one attached hydrogen (secondary N) is 1. The van der Waals surface area contributed by atoms with E-state index in [0.29, 0.717) is 23.7 Å². The molecular weight excluding hydrogens is 240 g/mol. The van der Waals surface area contributed by atoms with E-state index in [4.69, 9.17) is 4.74 Å². The highest BCUT2D eigenvalue weighted by Crippen LogP contribution is 2.24. The average molecular weight is 256 g/mol. The van der Waals surface area contributed by atoms with Crippen LogP contribution in [0.5, 0.6) is 5.75 Å². The van der Waals surface area contributed by atoms with Gasteiger partial charge in [-0.2, -0.15) is 0 Å². The van der Waals surface area contributed by atoms with E-state index in [1.165, 1.54) is 0 Å². The molecule has 0 atom stereocenters. The maximum Gasteiger partial charge on any atom is 0.274 e. The maximum atomic E-state index is 12.0. The topological polar surface area (TPSA) is 51.2 Å². The van der Waals surface area contributed by atoms with Crippen molar-refractivity contribution in [1.82, 2.24) is 4.98 Å². The predicted molar refractivity (Wildman–Crippen MR) is 74.4 cm³/mol. The van der Waals surface area contributed by atoms with Crippen LogP contribution in [0.4, 0.5) is 5.69 Å². The molecule has 98 valence electrons. The molecule has 4 heteroatoms. The lowest BCUT2D eigenvalue weighted by molar-refractivity contribution is 0.102. The van der Waals surface area contributed by atoms with Gasteiger partial charge in [0.15, 0.2) is 0 Å². The molecule has 0 fully saturated rings. The van der Waals surface area contributed by atoms with E-state index in [1.807, 2.05) is 31.2 Å². The zero-order chi connectivity index (χ0) is 13.5. The van der Waals surface area contributed by atoms with E-state index in [2.05, 4.69) is 10.3 Å². The quantitative estimate of drug-likeness (QED) is 0.894. The third-order valence-corrected chi connectivity index (χ3v) is 2.49. The zero-order valence-electron chi connectivity index (χ0n) is 10.8. The Labute approximate surface area is 112 Å². The largest absolute Gasteiger partial charge is 0.491 e. The number of aromatic nitrogens is 1. The SMILES string of the molecule is CCCOc1ccccc1NC(=O)c1ccccn1. The second-order valence-corrected chi connectivity index (χ2v) is 4.01. The Bertz CT molecular complexity index is 541. The molecule has 0 spiro atoms. The zero-order valence-corrected chi connectivity index (χ0v) is 10.8. The molecule has 2 aromatic rings. The normalized spacial score (nSPS) is 9.95. The number of ether oxygens (including phenoxy) is 1. The highest BCUT2D eigenvalue weighted by Gasteiger charge is 2.09. The Hall–Kier alpha value is -2.36. The molecule has 19 heavy (non-hydrogen) atoms. The summed E-state index contributed by atoms with van der Waals surface area (Å²) in [5.74, 6) is 0.432. The van der Waals surface area contributed by atoms with Crippen molar-refractivity contribution in [2.75, 3.05) is 11.9 Å². The standard InChI is InChI=1S/C15H16N2O2/c1-2-11-19-14-9-4-3-7-12(14)17-15(18)13-8-5-6-10-16-13/h3-10H,2,11H2,1H3,(H,17,18). The Balaban J connectivity index is 2.12. The first-order valence-electron chi connectivity index (χ1n) is 6.25. The van der Waals surface area contributed by atoms with Gasteiger partial charge in [-0.3, -0.25) is 9.78 Å². The van der Waals surface area contributed by atoms with Crippen molar-refractivity contribution < 1.29 is 9.53 Å². The molecule has 0 aliphatic carbocycles. The van der Waals surface area contributed by atoms with Crippen LogP contribution in [-0.2, 0) is 0 Å². The lowest BCUT2D eigenvalue weighted by Gasteiger charge is -2.11. The lowest BCUT2D eigenvalue weighted by atomic mass is 10.2. The predicted octanol–water partition coefficient (Wildman–Crippen LogP) is 3.12. The van der Waals surface area contributed by atoms with Gasteiger partial charge < -0.3 is 10.1 Å². The average Bonchev–Trinajstić information content (AvgIpc) is 2.47. The molecule has 1 amide bonds. The van der Waals surface area contributed by atoms with Gasteiger partial charge in [0.25, 0.3) is 5.91 Å². The molecule has 1 aromatic carbocycles. The van der Waals surface area contributed by atoms with Gasteiger partial charge in [-0.05, 0) is 30.7 Å². The molecule has 0 unspecified atom stereocenters. The molecule has 1 N–H and O–H groups in total. The van der Waals surface area contributed by atoms with Crippen LogP contribution in [0.1, 0.15) is 23.8 Å². The van der Waals surface area contributed by atoms with Gasteiger partial charge in [0, 0.05) is 6.20 Å². The van der Waals surface area contributed by atoms with Gasteiger partial charge in [0.1, 0.15) is 11.4 Å². The Morgan fingerprint density at radius 2 is 2.00 bits per heavy atom. The molecule has 0 aliphatic heterocycles. The van der Waals surface area contributed by atoms with Crippen molar-refractivity contribution in [2.45, 2.75) is 13.3 Å². The van der Waals surface area contributed by atoms with Crippen LogP contribution < -0.4 is 10.1 Å². The van der Waals surface area contributed by atoms with Gasteiger partial charge in [0.05, 0.1) is 12.3 Å². The van der Waals surface area contributed by atoms with E-state index >= 15 is 0 Å². The smallest absolute Gasteiger partial charge is 0.274 e. The lowest BCUT2D eigenvalue weighted by Crippen LogP contribution is -2.14. The minimum Gasteiger partial charge on any atom is -0.491 e. The Kier molecular flexibility index (Phi) is 4.50. The third-order valence-electron chi connectivity index (χ3n) is 2.49. The summed E-state index contributed by atoms with van der Waals surface area (Å²) in [5, 5.41) is 2.81. The molecule has 1 heterocycles. The van der Waals surface area contributed by atoms with Crippen molar-refractivity contribution in [3.05, 3.63) is 54.4 Å². The van der Waals surface area contributed by atoms with E-state index < -0.39 is 0 Å². The number of pyridine rings is 1. The minimum atomic E-state index is -0.242. The van der Waals surface area contributed by atoms with Crippen LogP contribution in [0, 0.1) is 0 Å². The molecule has 0 radical (unpaired) electrons. The molecule has 0 saturated carbocycles. The van der Waals surface area contributed by atoms with E-state index in [0.717, 1.165) is 6.42 Å². The fourth-order valence-electron chi connectivity index (χ4n) is 1.59. The number of hydrogen-bond donors (Lipinski definition) is 1. The number of rotatable bonds is 5. The summed E-state index contributed by atoms with van der Waals surface area (Å²) in [6.07, 6.45) is 2.51. The van der Waals surface area contributed by atoms with E-state index in [9.17, 15) is 4.79 Å². The van der Waals surface area contributed by atoms with Crippen LogP contribution >= 0.6 is 0 Å². The number of hydrogen-bond acceptors (Lipinski definition) is 3. The van der Waals surface area contributed by atoms with Crippen molar-refractivity contribution in [2.24, 2.45) is 0 Å². The number of carbonyl (C=O) groups excluding carboxylic acids is 1. The van der Waals surface area contributed by atoms with Crippen molar-refractivity contribution in [3.8, 4) is 5.75 Å². The van der Waals surface area contributed by atoms with Crippen molar-refractivity contribution in [1.29, 1.82) is 0 Å². The first-order chi connectivity index (χ1) is 9.31. The summed E-state index contributed by atoms with van der Waals surface area (Å²) < 4.78 is 5.59. The highest BCUT2D eigenvalue weighted by molar-refractivity contribution is 6.03. The molecule has 0 saturated heterocycles. The number of amides is 1. The third kappa shape index (κ3) is 3.55. The van der Waals surface area contributed by atoms with E-state index in [1.54, 1.807) is 24.4 Å². The van der Waals surface area contributed by atoms with Gasteiger partial charge in [-0.15, -0.1) is 0 Å². The minimum absolute atomic E-state index is 0.242. The summed E-state index contributed by atoms with van der Waals surface area (Å²) in [6, 6.07) is 12.6. The fourth-order valence-corrected chi connectivity index (χ4v) is 1.59.